The molecular formula is C20H25N3O3. The molecule has 26 heavy (non-hydrogen) atoms. The summed E-state index contributed by atoms with van der Waals surface area (Å²) in [6.45, 7) is 1.74. The van der Waals surface area contributed by atoms with Crippen LogP contribution >= 0.6 is 0 Å². The van der Waals surface area contributed by atoms with Gasteiger partial charge in [0.25, 0.3) is 0 Å². The fourth-order valence-corrected chi connectivity index (χ4v) is 3.76. The first-order valence-electron chi connectivity index (χ1n) is 9.32. The number of carbonyl (C=O) groups excluding carboxylic acids is 1. The average molecular weight is 355 g/mol. The van der Waals surface area contributed by atoms with E-state index >= 15 is 0 Å². The van der Waals surface area contributed by atoms with Gasteiger partial charge >= 0.3 is 0 Å². The molecule has 1 atom stereocenters. The molecule has 2 heterocycles. The second-order valence-corrected chi connectivity index (χ2v) is 7.08. The molecule has 6 nitrogen and oxygen atoms in total. The maximum atomic E-state index is 12.2. The zero-order valence-electron chi connectivity index (χ0n) is 15.1. The van der Waals surface area contributed by atoms with E-state index in [9.17, 15) is 4.79 Å². The number of ether oxygens (including phenoxy) is 2. The van der Waals surface area contributed by atoms with Crippen LogP contribution in [0.15, 0.2) is 30.5 Å². The molecule has 0 saturated heterocycles. The topological polar surface area (TPSA) is 65.4 Å². The molecule has 0 bridgehead atoms. The maximum absolute atomic E-state index is 12.2. The normalized spacial score (nSPS) is 20.0. The van der Waals surface area contributed by atoms with E-state index in [4.69, 9.17) is 9.47 Å². The third-order valence-electron chi connectivity index (χ3n) is 5.32. The summed E-state index contributed by atoms with van der Waals surface area (Å²) in [5.74, 6) is 2.14. The van der Waals surface area contributed by atoms with Crippen molar-refractivity contribution in [3.63, 3.8) is 0 Å². The zero-order chi connectivity index (χ0) is 17.9. The van der Waals surface area contributed by atoms with Crippen molar-refractivity contribution < 1.29 is 14.3 Å². The van der Waals surface area contributed by atoms with Gasteiger partial charge < -0.3 is 19.4 Å². The lowest BCUT2D eigenvalue weighted by molar-refractivity contribution is -0.125. The molecule has 6 heteroatoms. The Labute approximate surface area is 153 Å². The largest absolute Gasteiger partial charge is 0.497 e. The molecule has 0 spiro atoms. The summed E-state index contributed by atoms with van der Waals surface area (Å²) in [5, 5.41) is 3.06. The van der Waals surface area contributed by atoms with Crippen LogP contribution in [-0.2, 0) is 22.7 Å². The van der Waals surface area contributed by atoms with E-state index in [1.165, 1.54) is 12.8 Å². The molecule has 1 aromatic carbocycles. The number of hydrogen-bond donors (Lipinski definition) is 1. The summed E-state index contributed by atoms with van der Waals surface area (Å²) in [5.41, 5.74) is 1.99. The molecule has 1 aliphatic heterocycles. The van der Waals surface area contributed by atoms with Crippen molar-refractivity contribution in [1.82, 2.24) is 14.9 Å². The maximum Gasteiger partial charge on any atom is 0.223 e. The summed E-state index contributed by atoms with van der Waals surface area (Å²) in [7, 11) is 1.66. The van der Waals surface area contributed by atoms with Crippen LogP contribution in [0.2, 0.25) is 0 Å². The summed E-state index contributed by atoms with van der Waals surface area (Å²) >= 11 is 0. The van der Waals surface area contributed by atoms with Gasteiger partial charge in [0, 0.05) is 24.2 Å². The van der Waals surface area contributed by atoms with Gasteiger partial charge in [0.1, 0.15) is 18.2 Å². The van der Waals surface area contributed by atoms with Crippen molar-refractivity contribution in [2.24, 2.45) is 5.92 Å². The van der Waals surface area contributed by atoms with Gasteiger partial charge in [-0.2, -0.15) is 0 Å². The molecular weight excluding hydrogens is 330 g/mol. The molecule has 1 fully saturated rings. The lowest BCUT2D eigenvalue weighted by Gasteiger charge is -2.25. The molecule has 1 aliphatic carbocycles. The zero-order valence-corrected chi connectivity index (χ0v) is 15.1. The number of imidazole rings is 1. The van der Waals surface area contributed by atoms with E-state index in [2.05, 4.69) is 21.1 Å². The SMILES string of the molecule is COc1ccc(-c2cn3c(n2)CO[C@@H](CNC(=O)C2CCCC2)C3)cc1. The van der Waals surface area contributed by atoms with Crippen molar-refractivity contribution in [2.75, 3.05) is 13.7 Å². The number of nitrogens with one attached hydrogen (secondary N) is 1. The van der Waals surface area contributed by atoms with Crippen LogP contribution in [0.3, 0.4) is 0 Å². The van der Waals surface area contributed by atoms with Crippen molar-refractivity contribution in [3.8, 4) is 17.0 Å². The van der Waals surface area contributed by atoms with Gasteiger partial charge in [0.15, 0.2) is 0 Å². The number of aromatic nitrogens is 2. The first kappa shape index (κ1) is 17.1. The number of fused-ring (bicyclic) bond motifs is 1. The van der Waals surface area contributed by atoms with E-state index in [1.807, 2.05) is 24.3 Å². The molecule has 138 valence electrons. The predicted octanol–water partition coefficient (Wildman–Crippen LogP) is 2.76. The number of hydrogen-bond acceptors (Lipinski definition) is 4. The lowest BCUT2D eigenvalue weighted by atomic mass is 10.1. The first-order valence-corrected chi connectivity index (χ1v) is 9.32. The first-order chi connectivity index (χ1) is 12.7. The second-order valence-electron chi connectivity index (χ2n) is 7.08. The Morgan fingerprint density at radius 2 is 2.08 bits per heavy atom. The minimum Gasteiger partial charge on any atom is -0.497 e. The summed E-state index contributed by atoms with van der Waals surface area (Å²) in [4.78, 5) is 16.9. The van der Waals surface area contributed by atoms with Crippen molar-refractivity contribution in [1.29, 1.82) is 0 Å². The van der Waals surface area contributed by atoms with E-state index in [1.54, 1.807) is 7.11 Å². The molecule has 0 unspecified atom stereocenters. The highest BCUT2D eigenvalue weighted by Crippen LogP contribution is 2.26. The molecule has 2 aromatic rings. The van der Waals surface area contributed by atoms with Gasteiger partial charge in [0.05, 0.1) is 25.5 Å². The lowest BCUT2D eigenvalue weighted by Crippen LogP contribution is -2.40. The highest BCUT2D eigenvalue weighted by atomic mass is 16.5. The van der Waals surface area contributed by atoms with Crippen molar-refractivity contribution in [2.45, 2.75) is 44.9 Å². The van der Waals surface area contributed by atoms with Gasteiger partial charge in [-0.25, -0.2) is 4.98 Å². The number of carbonyl (C=O) groups is 1. The van der Waals surface area contributed by atoms with Gasteiger partial charge in [-0.1, -0.05) is 12.8 Å². The highest BCUT2D eigenvalue weighted by molar-refractivity contribution is 5.78. The average Bonchev–Trinajstić information content (AvgIpc) is 3.35. The van der Waals surface area contributed by atoms with Gasteiger partial charge in [-0.15, -0.1) is 0 Å². The predicted molar refractivity (Wildman–Crippen MR) is 97.8 cm³/mol. The smallest absolute Gasteiger partial charge is 0.223 e. The van der Waals surface area contributed by atoms with Crippen LogP contribution < -0.4 is 10.1 Å². The number of nitrogens with zero attached hydrogens (tertiary/aromatic N) is 2. The van der Waals surface area contributed by atoms with Crippen LogP contribution in [0.25, 0.3) is 11.3 Å². The van der Waals surface area contributed by atoms with E-state index in [0.717, 1.165) is 35.7 Å². The minimum absolute atomic E-state index is 0.00855. The third-order valence-corrected chi connectivity index (χ3v) is 5.32. The number of amides is 1. The molecule has 2 aliphatic rings. The Morgan fingerprint density at radius 3 is 2.81 bits per heavy atom. The van der Waals surface area contributed by atoms with E-state index in [-0.39, 0.29) is 17.9 Å². The molecule has 0 radical (unpaired) electrons. The second kappa shape index (κ2) is 7.50. The van der Waals surface area contributed by atoms with Crippen LogP contribution in [0.5, 0.6) is 5.75 Å². The fraction of sp³-hybridized carbons (Fsp3) is 0.500. The molecule has 1 amide bonds. The van der Waals surface area contributed by atoms with Gasteiger partial charge in [0.2, 0.25) is 5.91 Å². The summed E-state index contributed by atoms with van der Waals surface area (Å²) in [6.07, 6.45) is 6.44. The number of benzene rings is 1. The Bertz CT molecular complexity index is 763. The standard InChI is InChI=1S/C20H25N3O3/c1-25-16-8-6-14(7-9-16)18-12-23-11-17(26-13-19(23)22-18)10-21-20(24)15-4-2-3-5-15/h6-9,12,15,17H,2-5,10-11,13H2,1H3,(H,21,24)/t17-/m0/s1. The Morgan fingerprint density at radius 1 is 1.31 bits per heavy atom. The quantitative estimate of drug-likeness (QED) is 0.896. The molecule has 1 saturated carbocycles. The summed E-state index contributed by atoms with van der Waals surface area (Å²) in [6, 6.07) is 7.89. The Balaban J connectivity index is 1.37. The van der Waals surface area contributed by atoms with Gasteiger partial charge in [-0.05, 0) is 37.1 Å². The Kier molecular flexibility index (Phi) is 4.93. The molecule has 1 aromatic heterocycles. The van der Waals surface area contributed by atoms with Crippen molar-refractivity contribution in [3.05, 3.63) is 36.3 Å². The number of methoxy groups -OCH3 is 1. The van der Waals surface area contributed by atoms with Crippen LogP contribution in [0, 0.1) is 5.92 Å². The van der Waals surface area contributed by atoms with Crippen LogP contribution in [0.1, 0.15) is 31.5 Å². The van der Waals surface area contributed by atoms with E-state index < -0.39 is 0 Å². The monoisotopic (exact) mass is 355 g/mol. The number of rotatable bonds is 5. The molecule has 1 N–H and O–H groups in total. The van der Waals surface area contributed by atoms with E-state index in [0.29, 0.717) is 19.7 Å². The highest BCUT2D eigenvalue weighted by Gasteiger charge is 2.25. The fourth-order valence-electron chi connectivity index (χ4n) is 3.76. The summed E-state index contributed by atoms with van der Waals surface area (Å²) < 4.78 is 13.2. The Hall–Kier alpha value is -2.34. The van der Waals surface area contributed by atoms with Gasteiger partial charge in [-0.3, -0.25) is 4.79 Å². The minimum atomic E-state index is -0.00855. The van der Waals surface area contributed by atoms with Crippen LogP contribution in [0.4, 0.5) is 0 Å². The third kappa shape index (κ3) is 3.60. The van der Waals surface area contributed by atoms with Crippen molar-refractivity contribution >= 4 is 5.91 Å². The molecule has 4 rings (SSSR count). The van der Waals surface area contributed by atoms with Crippen LogP contribution in [-0.4, -0.2) is 35.2 Å².